The highest BCUT2D eigenvalue weighted by atomic mass is 32.2. The lowest BCUT2D eigenvalue weighted by Gasteiger charge is -2.25. The highest BCUT2D eigenvalue weighted by molar-refractivity contribution is 7.92. The minimum atomic E-state index is -4.73. The van der Waals surface area contributed by atoms with E-state index in [0.29, 0.717) is 23.5 Å². The molecule has 1 atom stereocenters. The first-order valence-corrected chi connectivity index (χ1v) is 13.9. The first kappa shape index (κ1) is 29.1. The predicted octanol–water partition coefficient (Wildman–Crippen LogP) is 4.76. The van der Waals surface area contributed by atoms with Gasteiger partial charge < -0.3 is 15.4 Å². The molecule has 1 fully saturated rings. The highest BCUT2D eigenvalue weighted by Gasteiger charge is 2.33. The lowest BCUT2D eigenvalue weighted by atomic mass is 10.1. The third-order valence-electron chi connectivity index (χ3n) is 6.32. The Bertz CT molecular complexity index is 1470. The second-order valence-corrected chi connectivity index (χ2v) is 11.2. The van der Waals surface area contributed by atoms with Crippen molar-refractivity contribution in [3.05, 3.63) is 89.5 Å². The molecule has 12 heteroatoms. The molecule has 2 N–H and O–H groups in total. The molecular weight excluding hydrogens is 547 g/mol. The number of aryl methyl sites for hydroxylation is 1. The van der Waals surface area contributed by atoms with Crippen LogP contribution in [-0.2, 0) is 25.7 Å². The van der Waals surface area contributed by atoms with Gasteiger partial charge in [0.2, 0.25) is 5.91 Å². The van der Waals surface area contributed by atoms with Crippen LogP contribution in [0.15, 0.2) is 77.7 Å². The van der Waals surface area contributed by atoms with Crippen molar-refractivity contribution in [1.29, 1.82) is 0 Å². The van der Waals surface area contributed by atoms with Crippen molar-refractivity contribution in [2.45, 2.75) is 36.9 Å². The van der Waals surface area contributed by atoms with Crippen molar-refractivity contribution in [3.8, 4) is 0 Å². The Labute approximate surface area is 230 Å². The van der Waals surface area contributed by atoms with Crippen LogP contribution in [0.2, 0.25) is 0 Å². The van der Waals surface area contributed by atoms with Gasteiger partial charge in [0, 0.05) is 13.2 Å². The summed E-state index contributed by atoms with van der Waals surface area (Å²) in [4.78, 5) is 25.8. The van der Waals surface area contributed by atoms with Gasteiger partial charge in [0.1, 0.15) is 6.54 Å². The van der Waals surface area contributed by atoms with Crippen molar-refractivity contribution >= 4 is 33.2 Å². The zero-order chi connectivity index (χ0) is 28.9. The zero-order valence-corrected chi connectivity index (χ0v) is 22.4. The smallest absolute Gasteiger partial charge is 0.376 e. The third-order valence-corrected chi connectivity index (χ3v) is 8.11. The van der Waals surface area contributed by atoms with E-state index in [1.165, 1.54) is 30.3 Å². The molecule has 4 rings (SSSR count). The maximum Gasteiger partial charge on any atom is 0.416 e. The van der Waals surface area contributed by atoms with Gasteiger partial charge in [-0.15, -0.1) is 0 Å². The highest BCUT2D eigenvalue weighted by Crippen LogP contribution is 2.33. The SMILES string of the molecule is Cc1ccc(S(=O)(=O)N(CC(=O)Nc2ccccc2C(=O)NC[C@H]2CCCO2)c2cccc(C(F)(F)F)c2)cc1. The van der Waals surface area contributed by atoms with E-state index in [4.69, 9.17) is 4.74 Å². The van der Waals surface area contributed by atoms with Gasteiger partial charge in [-0.25, -0.2) is 8.42 Å². The van der Waals surface area contributed by atoms with E-state index in [-0.39, 0.29) is 27.9 Å². The Morgan fingerprint density at radius 3 is 2.42 bits per heavy atom. The molecule has 212 valence electrons. The summed E-state index contributed by atoms with van der Waals surface area (Å²) < 4.78 is 73.6. The number of anilines is 2. The molecule has 3 aromatic rings. The molecular formula is C28H28F3N3O5S. The van der Waals surface area contributed by atoms with Crippen LogP contribution < -0.4 is 14.9 Å². The average Bonchev–Trinajstić information content (AvgIpc) is 3.44. The minimum absolute atomic E-state index is 0.0984. The van der Waals surface area contributed by atoms with Crippen LogP contribution in [0.3, 0.4) is 0 Å². The molecule has 0 aliphatic carbocycles. The van der Waals surface area contributed by atoms with Crippen LogP contribution in [0.1, 0.15) is 34.3 Å². The van der Waals surface area contributed by atoms with Crippen molar-refractivity contribution in [1.82, 2.24) is 5.32 Å². The van der Waals surface area contributed by atoms with E-state index in [1.807, 2.05) is 0 Å². The van der Waals surface area contributed by atoms with Gasteiger partial charge in [0.15, 0.2) is 0 Å². The first-order valence-electron chi connectivity index (χ1n) is 12.5. The van der Waals surface area contributed by atoms with Crippen molar-refractivity contribution < 1.29 is 35.9 Å². The Morgan fingerprint density at radius 1 is 1.02 bits per heavy atom. The summed E-state index contributed by atoms with van der Waals surface area (Å²) in [6, 6.07) is 15.6. The number of nitrogens with one attached hydrogen (secondary N) is 2. The van der Waals surface area contributed by atoms with E-state index < -0.39 is 40.1 Å². The molecule has 0 saturated carbocycles. The minimum Gasteiger partial charge on any atom is -0.376 e. The van der Waals surface area contributed by atoms with Crippen molar-refractivity contribution in [2.24, 2.45) is 0 Å². The standard InChI is InChI=1S/C28H28F3N3O5S/c1-19-11-13-23(14-12-19)40(37,38)34(21-7-4-6-20(16-21)28(29,30)31)18-26(35)33-25-10-3-2-9-24(25)27(36)32-17-22-8-5-15-39-22/h2-4,6-7,9-14,16,22H,5,8,15,17-18H2,1H3,(H,32,36)(H,33,35)/t22-/m1/s1. The largest absolute Gasteiger partial charge is 0.416 e. The zero-order valence-electron chi connectivity index (χ0n) is 21.6. The van der Waals surface area contributed by atoms with Gasteiger partial charge in [-0.1, -0.05) is 35.9 Å². The fourth-order valence-corrected chi connectivity index (χ4v) is 5.62. The van der Waals surface area contributed by atoms with Crippen molar-refractivity contribution in [3.63, 3.8) is 0 Å². The van der Waals surface area contributed by atoms with Gasteiger partial charge in [-0.2, -0.15) is 13.2 Å². The summed E-state index contributed by atoms with van der Waals surface area (Å²) in [5, 5.41) is 5.30. The Balaban J connectivity index is 1.60. The number of amides is 2. The Kier molecular flexibility index (Phi) is 8.79. The van der Waals surface area contributed by atoms with Gasteiger partial charge in [0.25, 0.3) is 15.9 Å². The number of carbonyl (C=O) groups excluding carboxylic acids is 2. The summed E-state index contributed by atoms with van der Waals surface area (Å²) in [7, 11) is -4.45. The maximum atomic E-state index is 13.6. The number of rotatable bonds is 9. The number of nitrogens with zero attached hydrogens (tertiary/aromatic N) is 1. The fourth-order valence-electron chi connectivity index (χ4n) is 4.21. The molecule has 2 amide bonds. The van der Waals surface area contributed by atoms with E-state index in [0.717, 1.165) is 30.5 Å². The van der Waals surface area contributed by atoms with E-state index in [1.54, 1.807) is 31.2 Å². The van der Waals surface area contributed by atoms with Gasteiger partial charge in [0.05, 0.1) is 33.5 Å². The molecule has 8 nitrogen and oxygen atoms in total. The van der Waals surface area contributed by atoms with E-state index >= 15 is 0 Å². The number of para-hydroxylation sites is 1. The number of sulfonamides is 1. The van der Waals surface area contributed by atoms with Crippen LogP contribution in [-0.4, -0.2) is 46.0 Å². The molecule has 40 heavy (non-hydrogen) atoms. The van der Waals surface area contributed by atoms with Gasteiger partial charge >= 0.3 is 6.18 Å². The first-order chi connectivity index (χ1) is 18.9. The summed E-state index contributed by atoms with van der Waals surface area (Å²) in [6.45, 7) is 1.83. The molecule has 0 unspecified atom stereocenters. The fraction of sp³-hybridized carbons (Fsp3) is 0.286. The van der Waals surface area contributed by atoms with E-state index in [9.17, 15) is 31.2 Å². The van der Waals surface area contributed by atoms with Crippen LogP contribution in [0.4, 0.5) is 24.5 Å². The number of benzene rings is 3. The van der Waals surface area contributed by atoms with Crippen LogP contribution in [0, 0.1) is 6.92 Å². The summed E-state index contributed by atoms with van der Waals surface area (Å²) in [6.07, 6.45) is -3.10. The lowest BCUT2D eigenvalue weighted by molar-refractivity contribution is -0.137. The summed E-state index contributed by atoms with van der Waals surface area (Å²) >= 11 is 0. The molecule has 0 bridgehead atoms. The number of alkyl halides is 3. The molecule has 1 saturated heterocycles. The topological polar surface area (TPSA) is 105 Å². The molecule has 1 heterocycles. The van der Waals surface area contributed by atoms with Crippen LogP contribution >= 0.6 is 0 Å². The number of hydrogen-bond acceptors (Lipinski definition) is 5. The number of hydrogen-bond donors (Lipinski definition) is 2. The second kappa shape index (κ2) is 12.1. The molecule has 0 radical (unpaired) electrons. The van der Waals surface area contributed by atoms with Crippen molar-refractivity contribution in [2.75, 3.05) is 29.3 Å². The Hall–Kier alpha value is -3.90. The van der Waals surface area contributed by atoms with E-state index in [2.05, 4.69) is 10.6 Å². The number of ether oxygens (including phenoxy) is 1. The summed E-state index contributed by atoms with van der Waals surface area (Å²) in [5.41, 5.74) is -0.373. The monoisotopic (exact) mass is 575 g/mol. The molecule has 0 aromatic heterocycles. The Morgan fingerprint density at radius 2 is 1.75 bits per heavy atom. The lowest BCUT2D eigenvalue weighted by Crippen LogP contribution is -2.38. The maximum absolute atomic E-state index is 13.6. The van der Waals surface area contributed by atoms with Gasteiger partial charge in [-0.05, 0) is 62.2 Å². The van der Waals surface area contributed by atoms with Crippen LogP contribution in [0.25, 0.3) is 0 Å². The molecule has 1 aliphatic rings. The number of carbonyl (C=O) groups is 2. The predicted molar refractivity (Wildman–Crippen MR) is 144 cm³/mol. The second-order valence-electron chi connectivity index (χ2n) is 9.31. The average molecular weight is 576 g/mol. The van der Waals surface area contributed by atoms with Crippen LogP contribution in [0.5, 0.6) is 0 Å². The third kappa shape index (κ3) is 6.99. The quantitative estimate of drug-likeness (QED) is 0.383. The molecule has 0 spiro atoms. The number of halogens is 3. The molecule has 3 aromatic carbocycles. The van der Waals surface area contributed by atoms with Gasteiger partial charge in [-0.3, -0.25) is 13.9 Å². The normalized spacial score (nSPS) is 15.4. The molecule has 1 aliphatic heterocycles. The summed E-state index contributed by atoms with van der Waals surface area (Å²) in [5.74, 6) is -1.32.